The molecule has 6 aromatic heterocycles. The fourth-order valence-corrected chi connectivity index (χ4v) is 12.3. The van der Waals surface area contributed by atoms with Crippen molar-refractivity contribution in [2.45, 2.75) is 12.8 Å². The highest BCUT2D eigenvalue weighted by Gasteiger charge is 2.33. The van der Waals surface area contributed by atoms with Crippen LogP contribution in [0.5, 0.6) is 0 Å². The summed E-state index contributed by atoms with van der Waals surface area (Å²) in [4.78, 5) is 0. The highest BCUT2D eigenvalue weighted by atomic mass is 16.3. The van der Waals surface area contributed by atoms with Gasteiger partial charge in [-0.05, 0) is 97.3 Å². The smallest absolute Gasteiger partial charge is 0.136 e. The van der Waals surface area contributed by atoms with Gasteiger partial charge in [-0.1, -0.05) is 97.1 Å². The summed E-state index contributed by atoms with van der Waals surface area (Å²) in [5.74, 6) is 0. The molecule has 8 nitrogen and oxygen atoms in total. The molecule has 0 spiro atoms. The largest absolute Gasteiger partial charge is 0.456 e. The summed E-state index contributed by atoms with van der Waals surface area (Å²) in [5, 5.41) is 34.7. The van der Waals surface area contributed by atoms with E-state index in [0.717, 1.165) is 139 Å². The van der Waals surface area contributed by atoms with Crippen LogP contribution in [-0.2, 0) is 6.42 Å². The van der Waals surface area contributed by atoms with Crippen molar-refractivity contribution in [3.8, 4) is 29.2 Å². The number of allylic oxidation sites excluding steroid dienone is 1. The third-order valence-electron chi connectivity index (χ3n) is 15.0. The number of nitriles is 2. The van der Waals surface area contributed by atoms with Crippen molar-refractivity contribution in [2.24, 2.45) is 0 Å². The molecular formula is C62H33N5O3. The van der Waals surface area contributed by atoms with Gasteiger partial charge in [0, 0.05) is 64.9 Å². The molecule has 0 unspecified atom stereocenters. The quantitative estimate of drug-likeness (QED) is 0.176. The topological polar surface area (TPSA) is 102 Å². The van der Waals surface area contributed by atoms with E-state index in [1.54, 1.807) is 6.07 Å². The number of hydrogen-bond donors (Lipinski definition) is 0. The predicted octanol–water partition coefficient (Wildman–Crippen LogP) is 16.2. The van der Waals surface area contributed by atoms with E-state index >= 15 is 0 Å². The Morgan fingerprint density at radius 2 is 0.786 bits per heavy atom. The lowest BCUT2D eigenvalue weighted by molar-refractivity contribution is 0.669. The molecule has 0 saturated heterocycles. The van der Waals surface area contributed by atoms with Gasteiger partial charge in [-0.3, -0.25) is 0 Å². The molecule has 16 rings (SSSR count). The van der Waals surface area contributed by atoms with Crippen LogP contribution in [0.4, 0.5) is 0 Å². The molecule has 70 heavy (non-hydrogen) atoms. The van der Waals surface area contributed by atoms with Gasteiger partial charge in [0.1, 0.15) is 45.6 Å². The molecule has 0 atom stereocenters. The van der Waals surface area contributed by atoms with E-state index < -0.39 is 0 Å². The average molecular weight is 896 g/mol. The molecule has 0 saturated carbocycles. The van der Waals surface area contributed by atoms with Crippen LogP contribution in [0, 0.1) is 22.7 Å². The summed E-state index contributed by atoms with van der Waals surface area (Å²) in [6.07, 6.45) is 6.11. The van der Waals surface area contributed by atoms with Gasteiger partial charge >= 0.3 is 0 Å². The Morgan fingerprint density at radius 3 is 1.29 bits per heavy atom. The fourth-order valence-electron chi connectivity index (χ4n) is 12.3. The standard InChI is InChI=1S/C62H33N5O3/c63-32-34-31-35(33-64)61(66-43-20-8-2-14-37(43)55-46(66)26-29-52-58(55)40-17-5-11-23-49(40)69-52)62(67-44-21-9-3-15-38(44)56-47(67)27-30-53-59(56)41-18-6-12-24-50(41)70-53)60(34)65-42-19-7-1-13-36(42)54-45(65)25-28-51-57(54)39-16-4-10-22-48(39)68-51/h1,3-13,15-31H,2,14H2. The van der Waals surface area contributed by atoms with Crippen LogP contribution in [0.25, 0.3) is 143 Å². The van der Waals surface area contributed by atoms with Crippen LogP contribution in [0.15, 0.2) is 183 Å². The fraction of sp³-hybridized carbons (Fsp3) is 0.0323. The molecule has 0 radical (unpaired) electrons. The van der Waals surface area contributed by atoms with E-state index in [1.807, 2.05) is 48.5 Å². The van der Waals surface area contributed by atoms with Crippen molar-refractivity contribution >= 4 is 126 Å². The summed E-state index contributed by atoms with van der Waals surface area (Å²) in [6, 6.07) is 61.2. The number of hydrogen-bond acceptors (Lipinski definition) is 5. The zero-order valence-electron chi connectivity index (χ0n) is 37.1. The Labute approximate surface area is 396 Å². The van der Waals surface area contributed by atoms with E-state index in [-0.39, 0.29) is 0 Å². The first-order chi connectivity index (χ1) is 34.7. The molecule has 0 fully saturated rings. The molecule has 0 N–H and O–H groups in total. The average Bonchev–Trinajstić information content (AvgIpc) is 4.26. The van der Waals surface area contributed by atoms with Crippen LogP contribution in [0.2, 0.25) is 0 Å². The van der Waals surface area contributed by atoms with Crippen molar-refractivity contribution in [1.82, 2.24) is 13.7 Å². The Bertz CT molecular complexity index is 4990. The van der Waals surface area contributed by atoms with E-state index in [9.17, 15) is 10.5 Å². The number of fused-ring (bicyclic) bond motifs is 21. The summed E-state index contributed by atoms with van der Waals surface area (Å²) in [5.41, 5.74) is 14.4. The van der Waals surface area contributed by atoms with Gasteiger partial charge in [0.05, 0.1) is 55.8 Å². The summed E-state index contributed by atoms with van der Waals surface area (Å²) in [7, 11) is 0. The second-order valence-corrected chi connectivity index (χ2v) is 18.4. The Hall–Kier alpha value is -9.76. The molecule has 0 aliphatic heterocycles. The molecule has 1 aliphatic carbocycles. The van der Waals surface area contributed by atoms with E-state index in [0.29, 0.717) is 28.2 Å². The first kappa shape index (κ1) is 37.3. The van der Waals surface area contributed by atoms with Gasteiger partial charge in [-0.25, -0.2) is 0 Å². The molecule has 9 aromatic carbocycles. The zero-order chi connectivity index (χ0) is 45.9. The third-order valence-corrected chi connectivity index (χ3v) is 15.0. The van der Waals surface area contributed by atoms with Crippen molar-refractivity contribution in [3.63, 3.8) is 0 Å². The second kappa shape index (κ2) is 13.4. The van der Waals surface area contributed by atoms with Gasteiger partial charge < -0.3 is 27.0 Å². The first-order valence-electron chi connectivity index (χ1n) is 23.5. The van der Waals surface area contributed by atoms with Crippen LogP contribution in [0.1, 0.15) is 28.8 Å². The highest BCUT2D eigenvalue weighted by molar-refractivity contribution is 6.29. The Kier molecular flexibility index (Phi) is 7.17. The maximum atomic E-state index is 11.7. The molecular weight excluding hydrogens is 863 g/mol. The molecule has 1 aliphatic rings. The molecule has 324 valence electrons. The molecule has 8 heteroatoms. The number of benzene rings is 9. The lowest BCUT2D eigenvalue weighted by Gasteiger charge is -2.24. The van der Waals surface area contributed by atoms with Crippen molar-refractivity contribution < 1.29 is 13.3 Å². The van der Waals surface area contributed by atoms with Crippen molar-refractivity contribution in [3.05, 3.63) is 192 Å². The summed E-state index contributed by atoms with van der Waals surface area (Å²) >= 11 is 0. The zero-order valence-corrected chi connectivity index (χ0v) is 37.1. The summed E-state index contributed by atoms with van der Waals surface area (Å²) < 4.78 is 26.5. The number of aromatic nitrogens is 3. The van der Waals surface area contributed by atoms with E-state index in [1.165, 1.54) is 5.56 Å². The van der Waals surface area contributed by atoms with Gasteiger partial charge in [0.15, 0.2) is 0 Å². The third kappa shape index (κ3) is 4.62. The molecule has 0 bridgehead atoms. The molecule has 15 aromatic rings. The lowest BCUT2D eigenvalue weighted by Crippen LogP contribution is -2.14. The minimum Gasteiger partial charge on any atom is -0.456 e. The van der Waals surface area contributed by atoms with Gasteiger partial charge in [-0.15, -0.1) is 0 Å². The minimum atomic E-state index is 0.361. The van der Waals surface area contributed by atoms with Crippen LogP contribution >= 0.6 is 0 Å². The molecule has 6 heterocycles. The Balaban J connectivity index is 1.17. The number of rotatable bonds is 3. The summed E-state index contributed by atoms with van der Waals surface area (Å²) in [6.45, 7) is 0. The number of aryl methyl sites for hydroxylation is 1. The second-order valence-electron chi connectivity index (χ2n) is 18.4. The molecule has 0 amide bonds. The Morgan fingerprint density at radius 1 is 0.371 bits per heavy atom. The SMILES string of the molecule is N#Cc1cc(C#N)c(-n2c3ccccc3c3c4c(ccc32)oc2ccccc24)c(-n2c3ccccc3c3c4c(ccc32)oc2ccccc24)c1-n1c2c(c3c4c(ccc31)oc1ccccc14)CCC=C2. The van der Waals surface area contributed by atoms with Crippen molar-refractivity contribution in [2.75, 3.05) is 0 Å². The maximum Gasteiger partial charge on any atom is 0.136 e. The number of para-hydroxylation sites is 5. The minimum absolute atomic E-state index is 0.361. The van der Waals surface area contributed by atoms with Crippen LogP contribution < -0.4 is 0 Å². The first-order valence-corrected chi connectivity index (χ1v) is 23.5. The van der Waals surface area contributed by atoms with E-state index in [4.69, 9.17) is 13.3 Å². The maximum absolute atomic E-state index is 11.7. The predicted molar refractivity (Wildman–Crippen MR) is 281 cm³/mol. The van der Waals surface area contributed by atoms with E-state index in [2.05, 4.69) is 147 Å². The lowest BCUT2D eigenvalue weighted by atomic mass is 9.98. The number of furan rings is 3. The normalized spacial score (nSPS) is 12.9. The monoisotopic (exact) mass is 895 g/mol. The highest BCUT2D eigenvalue weighted by Crippen LogP contribution is 2.50. The van der Waals surface area contributed by atoms with Crippen LogP contribution in [-0.4, -0.2) is 13.7 Å². The van der Waals surface area contributed by atoms with Crippen molar-refractivity contribution in [1.29, 1.82) is 10.5 Å². The van der Waals surface area contributed by atoms with Crippen LogP contribution in [0.3, 0.4) is 0 Å². The van der Waals surface area contributed by atoms with Gasteiger partial charge in [0.2, 0.25) is 0 Å². The van der Waals surface area contributed by atoms with Gasteiger partial charge in [0.25, 0.3) is 0 Å². The van der Waals surface area contributed by atoms with Gasteiger partial charge in [-0.2, -0.15) is 10.5 Å². The number of nitrogens with zero attached hydrogens (tertiary/aromatic N) is 5.